The van der Waals surface area contributed by atoms with Gasteiger partial charge in [-0.1, -0.05) is 53.7 Å². The maximum Gasteiger partial charge on any atom is 0.489 e. The second-order valence-corrected chi connectivity index (χ2v) is 26.7. The first-order chi connectivity index (χ1) is 41.9. The SMILES string of the molecule is CC1(C)[C@@H]2CC[C@@]1(C)C(=O)C2C(=O)Cl.CN(N)C(=O)OC(C)(C)C.CN(Nc1ccc(C(F)(F)F)cc1C(F)(F)F)C(=O)OC(C)(C)C.Cn1c2c(c(=O)n1-c1ccc(C(F)(F)F)cc1C(F)(F)F)[C@H]1CC[C@]2(C)C1(C)C.OB(O)c1ccc(C(F)(F)F)cc1C(F)(F)F. The summed E-state index contributed by atoms with van der Waals surface area (Å²) >= 11 is 5.50. The van der Waals surface area contributed by atoms with Gasteiger partial charge in [-0.15, -0.1) is 0 Å². The molecule has 3 fully saturated rings. The first-order valence-electron chi connectivity index (χ1n) is 28.1. The summed E-state index contributed by atoms with van der Waals surface area (Å²) in [5.41, 5.74) is -11.1. The highest BCUT2D eigenvalue weighted by atomic mass is 35.5. The van der Waals surface area contributed by atoms with Gasteiger partial charge in [0.25, 0.3) is 5.56 Å². The maximum absolute atomic E-state index is 13.6. The lowest BCUT2D eigenvalue weighted by molar-refractivity contribution is -0.144. The maximum atomic E-state index is 13.6. The summed E-state index contributed by atoms with van der Waals surface area (Å²) in [6.45, 7) is 22.3. The van der Waals surface area contributed by atoms with Crippen molar-refractivity contribution >= 4 is 53.1 Å². The van der Waals surface area contributed by atoms with Crippen LogP contribution < -0.4 is 22.3 Å². The van der Waals surface area contributed by atoms with Gasteiger partial charge in [-0.2, -0.15) is 79.0 Å². The number of nitrogens with two attached hydrogens (primary N) is 1. The number of halogens is 19. The van der Waals surface area contributed by atoms with Crippen LogP contribution in [0.2, 0.25) is 0 Å². The fourth-order valence-electron chi connectivity index (χ4n) is 11.9. The highest BCUT2D eigenvalue weighted by Gasteiger charge is 2.68. The number of fused-ring (bicyclic) bond motifs is 7. The summed E-state index contributed by atoms with van der Waals surface area (Å²) in [7, 11) is 1.54. The van der Waals surface area contributed by atoms with E-state index in [2.05, 4.69) is 19.3 Å². The van der Waals surface area contributed by atoms with E-state index in [9.17, 15) is 103 Å². The van der Waals surface area contributed by atoms with Crippen molar-refractivity contribution in [1.29, 1.82) is 0 Å². The molecule has 1 heterocycles. The fourth-order valence-corrected chi connectivity index (χ4v) is 12.2. The number of anilines is 1. The van der Waals surface area contributed by atoms with Crippen molar-refractivity contribution in [3.8, 4) is 5.69 Å². The molecule has 5 atom stereocenters. The molecule has 3 aromatic carbocycles. The van der Waals surface area contributed by atoms with Gasteiger partial charge in [0.2, 0.25) is 5.24 Å². The molecule has 2 amide bonds. The predicted octanol–water partition coefficient (Wildman–Crippen LogP) is 14.8. The van der Waals surface area contributed by atoms with Crippen LogP contribution in [0.4, 0.5) is 94.3 Å². The summed E-state index contributed by atoms with van der Waals surface area (Å²) in [6, 6.07) is 3.03. The molecule has 0 aliphatic heterocycles. The normalized spacial score (nSPS) is 21.2. The van der Waals surface area contributed by atoms with Crippen LogP contribution in [0.15, 0.2) is 59.4 Å². The van der Waals surface area contributed by atoms with E-state index < -0.39 is 140 Å². The smallest absolute Gasteiger partial charge is 0.443 e. The van der Waals surface area contributed by atoms with E-state index in [-0.39, 0.29) is 52.1 Å². The van der Waals surface area contributed by atoms with E-state index >= 15 is 0 Å². The van der Waals surface area contributed by atoms with Crippen molar-refractivity contribution in [3.63, 3.8) is 0 Å². The van der Waals surface area contributed by atoms with E-state index in [1.54, 1.807) is 41.5 Å². The zero-order valence-electron chi connectivity index (χ0n) is 53.1. The lowest BCUT2D eigenvalue weighted by atomic mass is 9.70. The molecule has 526 valence electrons. The first-order valence-corrected chi connectivity index (χ1v) is 28.5. The Kier molecular flexibility index (Phi) is 22.7. The number of benzene rings is 3. The van der Waals surface area contributed by atoms with Gasteiger partial charge in [0.15, 0.2) is 5.78 Å². The molecule has 15 nitrogen and oxygen atoms in total. The average molecular weight is 1400 g/mol. The summed E-state index contributed by atoms with van der Waals surface area (Å²) in [5.74, 6) is 4.70. The van der Waals surface area contributed by atoms with E-state index in [4.69, 9.17) is 37.0 Å². The zero-order chi connectivity index (χ0) is 73.2. The van der Waals surface area contributed by atoms with Crippen LogP contribution in [0, 0.1) is 28.1 Å². The Morgan fingerprint density at radius 2 is 1.02 bits per heavy atom. The van der Waals surface area contributed by atoms with Crippen LogP contribution in [0.25, 0.3) is 5.69 Å². The van der Waals surface area contributed by atoms with Crippen molar-refractivity contribution in [2.75, 3.05) is 19.5 Å². The number of hydrazine groups is 2. The van der Waals surface area contributed by atoms with Gasteiger partial charge >= 0.3 is 56.4 Å². The molecule has 35 heteroatoms. The number of alkyl halides is 18. The van der Waals surface area contributed by atoms with Crippen molar-refractivity contribution in [2.45, 2.75) is 168 Å². The molecule has 0 saturated heterocycles. The molecule has 4 bridgehead atoms. The number of aromatic nitrogens is 2. The highest BCUT2D eigenvalue weighted by Crippen LogP contribution is 2.68. The number of carbonyl (C=O) groups excluding carboxylic acids is 4. The molecule has 0 radical (unpaired) electrons. The van der Waals surface area contributed by atoms with Gasteiger partial charge in [0.05, 0.1) is 56.4 Å². The number of ether oxygens (including phenoxy) is 2. The molecule has 5 N–H and O–H groups in total. The summed E-state index contributed by atoms with van der Waals surface area (Å²) < 4.78 is 242. The second kappa shape index (κ2) is 26.7. The largest absolute Gasteiger partial charge is 0.489 e. The minimum absolute atomic E-state index is 0.0226. The zero-order valence-corrected chi connectivity index (χ0v) is 53.9. The third-order valence-corrected chi connectivity index (χ3v) is 17.5. The van der Waals surface area contributed by atoms with E-state index in [1.165, 1.54) is 18.8 Å². The summed E-state index contributed by atoms with van der Waals surface area (Å²) in [4.78, 5) is 58.9. The Hall–Kier alpha value is -6.68. The number of ketones is 1. The van der Waals surface area contributed by atoms with E-state index in [1.807, 2.05) is 27.7 Å². The fraction of sp³-hybridized carbons (Fsp3) is 0.576. The molecule has 3 saturated carbocycles. The minimum Gasteiger partial charge on any atom is -0.443 e. The van der Waals surface area contributed by atoms with E-state index in [0.717, 1.165) is 48.5 Å². The minimum atomic E-state index is -5.10. The number of carbonyl (C=O) groups is 4. The Bertz CT molecular complexity index is 3530. The van der Waals surface area contributed by atoms with Crippen LogP contribution in [-0.2, 0) is 68.6 Å². The Morgan fingerprint density at radius 3 is 1.38 bits per heavy atom. The second-order valence-electron chi connectivity index (χ2n) is 26.3. The Labute approximate surface area is 532 Å². The monoisotopic (exact) mass is 1390 g/mol. The number of amides is 2. The molecule has 4 aromatic rings. The predicted molar refractivity (Wildman–Crippen MR) is 307 cm³/mol. The molecule has 1 aromatic heterocycles. The molecular formula is C59H70BClF18N6O9. The third kappa shape index (κ3) is 17.1. The van der Waals surface area contributed by atoms with Gasteiger partial charge in [-0.25, -0.2) is 30.1 Å². The number of hydrogen-bond acceptors (Lipinski definition) is 11. The van der Waals surface area contributed by atoms with Gasteiger partial charge in [-0.05, 0) is 149 Å². The Morgan fingerprint density at radius 1 is 0.606 bits per heavy atom. The molecule has 8 rings (SSSR count). The number of rotatable bonds is 5. The van der Waals surface area contributed by atoms with Crippen LogP contribution in [0.5, 0.6) is 0 Å². The van der Waals surface area contributed by atoms with Gasteiger partial charge in [0, 0.05) is 37.5 Å². The Balaban J connectivity index is 0.000000262. The van der Waals surface area contributed by atoms with Crippen LogP contribution in [0.3, 0.4) is 0 Å². The van der Waals surface area contributed by atoms with Crippen molar-refractivity contribution in [3.05, 3.63) is 110 Å². The lowest BCUT2D eigenvalue weighted by Gasteiger charge is -2.36. The van der Waals surface area contributed by atoms with Crippen LogP contribution >= 0.6 is 11.6 Å². The van der Waals surface area contributed by atoms with Crippen molar-refractivity contribution < 1.29 is 118 Å². The number of Topliss-reactive ketones (excluding diaryl/α,β-unsaturated/α-hetero) is 1. The topological polar surface area (TPSA) is 199 Å². The van der Waals surface area contributed by atoms with Gasteiger partial charge in [0.1, 0.15) is 11.2 Å². The number of nitrogens with zero attached hydrogens (tertiary/aromatic N) is 4. The average Bonchev–Trinajstić information content (AvgIpc) is 1.51. The standard InChI is InChI=1S/C20H20F6N2O.C14H16F6N2O2.C11H15ClO2.C8H5BF6O2.C6H14N2O2/c1-17(2)11-7-8-18(17,3)15-14(11)16(29)28(27(15)4)13-6-5-10(19(21,22)23)9-12(13)20(24,25)26;1-12(2,3)24-11(23)22(4)21-10-6-5-8(13(15,16)17)7-9(10)14(18,19)20;1-10(2)6-4-5-11(10,3)8(13)7(6)9(12)14;10-7(11,12)4-1-2-6(9(16)17)5(3-4)8(13,14)15;1-6(2,3)10-5(9)8(4)7/h5-6,9,11H,7-8H2,1-4H3;5-7,21H,1-4H3;6-7H,4-5H2,1-3H3;1-3,16-17H;7H2,1-4H3/t11-,18+;;6-,7?,11+;;/m1.1../s1. The number of hydrogen-bond donors (Lipinski definition) is 4. The molecule has 1 unspecified atom stereocenters. The van der Waals surface area contributed by atoms with Crippen molar-refractivity contribution in [1.82, 2.24) is 19.4 Å². The molecule has 4 aliphatic carbocycles. The van der Waals surface area contributed by atoms with E-state index in [0.29, 0.717) is 46.6 Å². The first kappa shape index (κ1) is 79.8. The van der Waals surface area contributed by atoms with Crippen LogP contribution in [-0.4, -0.2) is 85.1 Å². The van der Waals surface area contributed by atoms with Crippen molar-refractivity contribution in [2.24, 2.45) is 41.0 Å². The molecular weight excluding hydrogens is 1320 g/mol. The quantitative estimate of drug-likeness (QED) is 0.0282. The lowest BCUT2D eigenvalue weighted by Crippen LogP contribution is -2.38. The molecule has 0 spiro atoms. The molecule has 4 aliphatic rings. The van der Waals surface area contributed by atoms with Gasteiger partial charge < -0.3 is 19.5 Å². The number of nitrogens with one attached hydrogen (secondary N) is 1. The summed E-state index contributed by atoms with van der Waals surface area (Å²) in [6.07, 6.45) is -28.1. The van der Waals surface area contributed by atoms with Crippen LogP contribution in [0.1, 0.15) is 159 Å². The highest BCUT2D eigenvalue weighted by molar-refractivity contribution is 6.65. The third-order valence-electron chi connectivity index (χ3n) is 17.3. The summed E-state index contributed by atoms with van der Waals surface area (Å²) in [5, 5.41) is 18.3. The molecule has 94 heavy (non-hydrogen) atoms. The van der Waals surface area contributed by atoms with Gasteiger partial charge in [-0.3, -0.25) is 24.5 Å².